The van der Waals surface area contributed by atoms with Crippen molar-refractivity contribution in [2.45, 2.75) is 37.3 Å². The quantitative estimate of drug-likeness (QED) is 0.367. The Hall–Kier alpha value is -3.91. The van der Waals surface area contributed by atoms with E-state index in [1.807, 2.05) is 55.5 Å². The van der Waals surface area contributed by atoms with Crippen LogP contribution in [0.1, 0.15) is 34.3 Å². The minimum atomic E-state index is -4.06. The van der Waals surface area contributed by atoms with Gasteiger partial charge in [0.2, 0.25) is 0 Å². The Morgan fingerprint density at radius 1 is 1.03 bits per heavy atom. The molecule has 1 saturated carbocycles. The van der Waals surface area contributed by atoms with Crippen molar-refractivity contribution in [3.05, 3.63) is 95.7 Å². The van der Waals surface area contributed by atoms with Crippen LogP contribution in [-0.2, 0) is 16.6 Å². The Morgan fingerprint density at radius 2 is 1.71 bits per heavy atom. The monoisotopic (exact) mass is 488 g/mol. The van der Waals surface area contributed by atoms with Crippen molar-refractivity contribution in [2.24, 2.45) is 0 Å². The van der Waals surface area contributed by atoms with Gasteiger partial charge >= 0.3 is 5.97 Å². The minimum absolute atomic E-state index is 0.00875. The molecule has 1 fully saturated rings. The number of aromatic carboxylic acids is 1. The van der Waals surface area contributed by atoms with Gasteiger partial charge in [0, 0.05) is 17.1 Å². The fourth-order valence-corrected chi connectivity index (χ4v) is 5.40. The highest BCUT2D eigenvalue weighted by Crippen LogP contribution is 2.32. The number of ether oxygens (including phenoxy) is 1. The third-order valence-corrected chi connectivity index (χ3v) is 7.78. The lowest BCUT2D eigenvalue weighted by molar-refractivity contribution is 0.0696. The fraction of sp³-hybridized carbons (Fsp3) is 0.185. The second-order valence-electron chi connectivity index (χ2n) is 8.60. The van der Waals surface area contributed by atoms with E-state index in [1.54, 1.807) is 6.20 Å². The predicted molar refractivity (Wildman–Crippen MR) is 133 cm³/mol. The third-order valence-electron chi connectivity index (χ3n) is 6.03. The molecule has 0 bridgehead atoms. The van der Waals surface area contributed by atoms with Gasteiger partial charge in [-0.2, -0.15) is 0 Å². The summed E-state index contributed by atoms with van der Waals surface area (Å²) in [5, 5.41) is 11.0. The van der Waals surface area contributed by atoms with Crippen LogP contribution in [0.3, 0.4) is 0 Å². The number of rotatable bonds is 8. The lowest BCUT2D eigenvalue weighted by atomic mass is 10.1. The first-order valence-electron chi connectivity index (χ1n) is 11.3. The van der Waals surface area contributed by atoms with Crippen LogP contribution >= 0.6 is 0 Å². The summed E-state index contributed by atoms with van der Waals surface area (Å²) in [6.07, 6.45) is 4.05. The number of pyridine rings is 1. The summed E-state index contributed by atoms with van der Waals surface area (Å²) in [7, 11) is -4.06. The molecule has 5 rings (SSSR count). The number of carboxylic acid groups (broad SMARTS) is 1. The molecule has 1 heterocycles. The van der Waals surface area contributed by atoms with Crippen molar-refractivity contribution in [1.82, 2.24) is 4.98 Å². The first-order valence-corrected chi connectivity index (χ1v) is 12.7. The van der Waals surface area contributed by atoms with Crippen molar-refractivity contribution >= 4 is 32.6 Å². The lowest BCUT2D eigenvalue weighted by Gasteiger charge is -2.26. The van der Waals surface area contributed by atoms with E-state index in [0.717, 1.165) is 40.5 Å². The first-order chi connectivity index (χ1) is 16.8. The van der Waals surface area contributed by atoms with Crippen LogP contribution < -0.4 is 9.04 Å². The summed E-state index contributed by atoms with van der Waals surface area (Å²) >= 11 is 0. The molecule has 7 nitrogen and oxygen atoms in total. The van der Waals surface area contributed by atoms with Crippen molar-refractivity contribution < 1.29 is 23.1 Å². The smallest absolute Gasteiger partial charge is 0.335 e. The summed E-state index contributed by atoms with van der Waals surface area (Å²) in [4.78, 5) is 15.8. The van der Waals surface area contributed by atoms with Crippen LogP contribution in [0.25, 0.3) is 10.8 Å². The average Bonchev–Trinajstić information content (AvgIpc) is 3.68. The van der Waals surface area contributed by atoms with Crippen LogP contribution in [-0.4, -0.2) is 30.6 Å². The Balaban J connectivity index is 1.57. The first kappa shape index (κ1) is 22.9. The van der Waals surface area contributed by atoms with Crippen LogP contribution in [0.2, 0.25) is 0 Å². The number of hydrogen-bond acceptors (Lipinski definition) is 5. The van der Waals surface area contributed by atoms with Crippen molar-refractivity contribution in [3.8, 4) is 5.75 Å². The number of sulfonamides is 1. The van der Waals surface area contributed by atoms with Gasteiger partial charge in [0.25, 0.3) is 10.0 Å². The molecule has 4 aromatic rings. The van der Waals surface area contributed by atoms with E-state index in [2.05, 4.69) is 4.98 Å². The standard InChI is InChI=1S/C27H24N2O5S/c1-18-25-5-3-2-4-21(25)16-28-26(18)29(17-19-6-10-22(11-7-19)34-23-12-13-23)35(32,33)24-14-8-20(9-15-24)27(30)31/h2-11,14-16,23H,12-13,17H2,1H3,(H,30,31). The Bertz CT molecular complexity index is 1500. The zero-order valence-electron chi connectivity index (χ0n) is 19.1. The number of benzene rings is 3. The molecule has 0 saturated heterocycles. The zero-order chi connectivity index (χ0) is 24.6. The van der Waals surface area contributed by atoms with Gasteiger partial charge in [-0.05, 0) is 67.1 Å². The molecule has 0 spiro atoms. The highest BCUT2D eigenvalue weighted by molar-refractivity contribution is 7.92. The molecule has 1 aromatic heterocycles. The van der Waals surface area contributed by atoms with E-state index in [-0.39, 0.29) is 23.1 Å². The molecule has 0 amide bonds. The van der Waals surface area contributed by atoms with Gasteiger partial charge in [0.15, 0.2) is 0 Å². The van der Waals surface area contributed by atoms with Crippen LogP contribution in [0.4, 0.5) is 5.82 Å². The van der Waals surface area contributed by atoms with E-state index in [1.165, 1.54) is 28.6 Å². The number of hydrogen-bond donors (Lipinski definition) is 1. The zero-order valence-corrected chi connectivity index (χ0v) is 19.9. The van der Waals surface area contributed by atoms with Crippen LogP contribution in [0.5, 0.6) is 5.75 Å². The SMILES string of the molecule is Cc1c(N(Cc2ccc(OC3CC3)cc2)S(=O)(=O)c2ccc(C(=O)O)cc2)ncc2ccccc12. The molecule has 3 aromatic carbocycles. The number of carbonyl (C=O) groups is 1. The second-order valence-corrected chi connectivity index (χ2v) is 10.5. The van der Waals surface area contributed by atoms with Gasteiger partial charge in [-0.3, -0.25) is 0 Å². The molecule has 178 valence electrons. The maximum Gasteiger partial charge on any atom is 0.335 e. The van der Waals surface area contributed by atoms with Crippen LogP contribution in [0, 0.1) is 6.92 Å². The molecule has 0 unspecified atom stereocenters. The summed E-state index contributed by atoms with van der Waals surface area (Å²) in [6, 6.07) is 20.3. The molecule has 35 heavy (non-hydrogen) atoms. The van der Waals surface area contributed by atoms with Crippen molar-refractivity contribution in [3.63, 3.8) is 0 Å². The highest BCUT2D eigenvalue weighted by Gasteiger charge is 2.29. The fourth-order valence-electron chi connectivity index (χ4n) is 3.94. The number of fused-ring (bicyclic) bond motifs is 1. The van der Waals surface area contributed by atoms with Gasteiger partial charge in [-0.1, -0.05) is 36.4 Å². The third kappa shape index (κ3) is 4.70. The Labute approximate surface area is 203 Å². The second kappa shape index (κ2) is 9.03. The molecular formula is C27H24N2O5S. The van der Waals surface area contributed by atoms with E-state index in [4.69, 9.17) is 4.74 Å². The highest BCUT2D eigenvalue weighted by atomic mass is 32.2. The summed E-state index contributed by atoms with van der Waals surface area (Å²) in [6.45, 7) is 1.91. The van der Waals surface area contributed by atoms with Gasteiger partial charge in [-0.15, -0.1) is 0 Å². The number of nitrogens with zero attached hydrogens (tertiary/aromatic N) is 2. The molecule has 0 radical (unpaired) electrons. The molecule has 8 heteroatoms. The van der Waals surface area contributed by atoms with Gasteiger partial charge in [0.05, 0.1) is 23.1 Å². The van der Waals surface area contributed by atoms with E-state index in [9.17, 15) is 18.3 Å². The van der Waals surface area contributed by atoms with Crippen molar-refractivity contribution in [2.75, 3.05) is 4.31 Å². The molecular weight excluding hydrogens is 464 g/mol. The number of aryl methyl sites for hydroxylation is 1. The number of anilines is 1. The number of carboxylic acids is 1. The van der Waals surface area contributed by atoms with E-state index in [0.29, 0.717) is 5.82 Å². The summed E-state index contributed by atoms with van der Waals surface area (Å²) < 4.78 is 34.8. The van der Waals surface area contributed by atoms with Crippen LogP contribution in [0.15, 0.2) is 83.9 Å². The van der Waals surface area contributed by atoms with Gasteiger partial charge in [0.1, 0.15) is 11.6 Å². The molecule has 0 atom stereocenters. The molecule has 1 aliphatic rings. The maximum absolute atomic E-state index is 13.8. The topological polar surface area (TPSA) is 96.8 Å². The largest absolute Gasteiger partial charge is 0.490 e. The Morgan fingerprint density at radius 3 is 2.37 bits per heavy atom. The average molecular weight is 489 g/mol. The van der Waals surface area contributed by atoms with Gasteiger partial charge in [-0.25, -0.2) is 22.5 Å². The molecule has 0 aliphatic heterocycles. The predicted octanol–water partition coefficient (Wildman–Crippen LogP) is 5.18. The lowest BCUT2D eigenvalue weighted by Crippen LogP contribution is -2.32. The summed E-state index contributed by atoms with van der Waals surface area (Å²) in [5.74, 6) is -0.0365. The summed E-state index contributed by atoms with van der Waals surface area (Å²) in [5.41, 5.74) is 1.53. The molecule has 1 aliphatic carbocycles. The van der Waals surface area contributed by atoms with Crippen molar-refractivity contribution in [1.29, 1.82) is 0 Å². The molecule has 1 N–H and O–H groups in total. The van der Waals surface area contributed by atoms with Gasteiger partial charge < -0.3 is 9.84 Å². The van der Waals surface area contributed by atoms with E-state index >= 15 is 0 Å². The maximum atomic E-state index is 13.8. The normalized spacial score (nSPS) is 13.5. The number of aromatic nitrogens is 1. The minimum Gasteiger partial charge on any atom is -0.490 e. The Kier molecular flexibility index (Phi) is 5.90. The van der Waals surface area contributed by atoms with E-state index < -0.39 is 16.0 Å².